The molecule has 1 rings (SSSR count). The summed E-state index contributed by atoms with van der Waals surface area (Å²) in [5, 5.41) is 12.6. The predicted molar refractivity (Wildman–Crippen MR) is 82.7 cm³/mol. The van der Waals surface area contributed by atoms with Crippen molar-refractivity contribution in [1.29, 1.82) is 0 Å². The van der Waals surface area contributed by atoms with Crippen molar-refractivity contribution in [3.63, 3.8) is 0 Å². The average molecular weight is 277 g/mol. The van der Waals surface area contributed by atoms with Crippen molar-refractivity contribution in [2.75, 3.05) is 6.54 Å². The number of phenols is 1. The molecule has 0 heterocycles. The van der Waals surface area contributed by atoms with E-state index < -0.39 is 0 Å². The first kappa shape index (κ1) is 16.5. The summed E-state index contributed by atoms with van der Waals surface area (Å²) in [6, 6.07) is 6.98. The molecule has 3 heteroatoms. The topological polar surface area (TPSA) is 49.3 Å². The first-order valence-corrected chi connectivity index (χ1v) is 7.48. The molecule has 2 N–H and O–H groups in total. The minimum atomic E-state index is -0.0323. The summed E-state index contributed by atoms with van der Waals surface area (Å²) < 4.78 is 0. The number of rotatable bonds is 8. The zero-order valence-corrected chi connectivity index (χ0v) is 12.9. The minimum absolute atomic E-state index is 0.0323. The molecular formula is C17H27NO2. The molecule has 0 radical (unpaired) electrons. The van der Waals surface area contributed by atoms with Gasteiger partial charge < -0.3 is 10.4 Å². The van der Waals surface area contributed by atoms with Gasteiger partial charge in [-0.15, -0.1) is 0 Å². The standard InChI is InChI=1S/C17H27NO2/c1-4-5-8-11-17(2,3)13-18-16(20)12-14-9-6-7-10-15(14)19/h6-7,9-10,19H,4-5,8,11-13H2,1-3H3,(H,18,20). The Morgan fingerprint density at radius 3 is 2.60 bits per heavy atom. The predicted octanol–water partition coefficient (Wildman–Crippen LogP) is 3.66. The molecule has 1 aromatic carbocycles. The smallest absolute Gasteiger partial charge is 0.224 e. The van der Waals surface area contributed by atoms with E-state index in [0.29, 0.717) is 12.1 Å². The summed E-state index contributed by atoms with van der Waals surface area (Å²) in [6.45, 7) is 7.25. The third kappa shape index (κ3) is 6.09. The van der Waals surface area contributed by atoms with Gasteiger partial charge in [-0.25, -0.2) is 0 Å². The van der Waals surface area contributed by atoms with Crippen LogP contribution in [-0.4, -0.2) is 17.6 Å². The van der Waals surface area contributed by atoms with Crippen LogP contribution in [0.3, 0.4) is 0 Å². The lowest BCUT2D eigenvalue weighted by Crippen LogP contribution is -2.34. The third-order valence-electron chi connectivity index (χ3n) is 3.56. The SMILES string of the molecule is CCCCCC(C)(C)CNC(=O)Cc1ccccc1O. The number of hydrogen-bond acceptors (Lipinski definition) is 2. The van der Waals surface area contributed by atoms with Crippen LogP contribution in [-0.2, 0) is 11.2 Å². The molecule has 0 atom stereocenters. The van der Waals surface area contributed by atoms with Crippen molar-refractivity contribution in [2.45, 2.75) is 52.9 Å². The molecule has 0 aliphatic carbocycles. The second kappa shape index (κ2) is 7.93. The number of phenolic OH excluding ortho intramolecular Hbond substituents is 1. The van der Waals surface area contributed by atoms with Crippen molar-refractivity contribution >= 4 is 5.91 Å². The van der Waals surface area contributed by atoms with Crippen LogP contribution >= 0.6 is 0 Å². The molecule has 0 spiro atoms. The second-order valence-corrected chi connectivity index (χ2v) is 6.20. The Bertz CT molecular complexity index is 427. The molecule has 3 nitrogen and oxygen atoms in total. The highest BCUT2D eigenvalue weighted by Crippen LogP contribution is 2.23. The Morgan fingerprint density at radius 2 is 1.95 bits per heavy atom. The molecule has 0 saturated heterocycles. The Balaban J connectivity index is 2.37. The van der Waals surface area contributed by atoms with Gasteiger partial charge in [0.2, 0.25) is 5.91 Å². The van der Waals surface area contributed by atoms with Crippen LogP contribution in [0.25, 0.3) is 0 Å². The number of carbonyl (C=O) groups is 1. The molecule has 0 saturated carbocycles. The number of hydrogen-bond donors (Lipinski definition) is 2. The van der Waals surface area contributed by atoms with E-state index in [0.717, 1.165) is 6.42 Å². The van der Waals surface area contributed by atoms with Gasteiger partial charge in [-0.1, -0.05) is 58.2 Å². The van der Waals surface area contributed by atoms with Gasteiger partial charge in [0.1, 0.15) is 5.75 Å². The molecule has 112 valence electrons. The summed E-state index contributed by atoms with van der Waals surface area (Å²) >= 11 is 0. The minimum Gasteiger partial charge on any atom is -0.508 e. The van der Waals surface area contributed by atoms with E-state index in [1.54, 1.807) is 18.2 Å². The van der Waals surface area contributed by atoms with Gasteiger partial charge in [-0.3, -0.25) is 4.79 Å². The highest BCUT2D eigenvalue weighted by atomic mass is 16.3. The highest BCUT2D eigenvalue weighted by molar-refractivity contribution is 5.79. The Hall–Kier alpha value is -1.51. The summed E-state index contributed by atoms with van der Waals surface area (Å²) in [5.74, 6) is 0.153. The van der Waals surface area contributed by atoms with E-state index in [4.69, 9.17) is 0 Å². The number of para-hydroxylation sites is 1. The Labute approximate surface area is 122 Å². The van der Waals surface area contributed by atoms with Gasteiger partial charge in [-0.05, 0) is 17.9 Å². The number of aromatic hydroxyl groups is 1. The zero-order chi connectivity index (χ0) is 15.0. The Morgan fingerprint density at radius 1 is 1.25 bits per heavy atom. The first-order valence-electron chi connectivity index (χ1n) is 7.48. The van der Waals surface area contributed by atoms with Crippen LogP contribution < -0.4 is 5.32 Å². The highest BCUT2D eigenvalue weighted by Gasteiger charge is 2.18. The van der Waals surface area contributed by atoms with E-state index in [1.807, 2.05) is 6.07 Å². The summed E-state index contributed by atoms with van der Waals surface area (Å²) in [5.41, 5.74) is 0.803. The fourth-order valence-electron chi connectivity index (χ4n) is 2.18. The molecule has 0 aromatic heterocycles. The number of unbranched alkanes of at least 4 members (excludes halogenated alkanes) is 2. The van der Waals surface area contributed by atoms with Gasteiger partial charge >= 0.3 is 0 Å². The van der Waals surface area contributed by atoms with Crippen molar-refractivity contribution in [3.8, 4) is 5.75 Å². The maximum absolute atomic E-state index is 11.9. The average Bonchev–Trinajstić information content (AvgIpc) is 2.40. The van der Waals surface area contributed by atoms with E-state index >= 15 is 0 Å². The fourth-order valence-corrected chi connectivity index (χ4v) is 2.18. The lowest BCUT2D eigenvalue weighted by molar-refractivity contribution is -0.120. The monoisotopic (exact) mass is 277 g/mol. The van der Waals surface area contributed by atoms with Crippen LogP contribution in [0.15, 0.2) is 24.3 Å². The van der Waals surface area contributed by atoms with Crippen LogP contribution in [0.4, 0.5) is 0 Å². The van der Waals surface area contributed by atoms with Crippen molar-refractivity contribution < 1.29 is 9.90 Å². The maximum atomic E-state index is 11.9. The number of nitrogens with one attached hydrogen (secondary N) is 1. The Kier molecular flexibility index (Phi) is 6.56. The zero-order valence-electron chi connectivity index (χ0n) is 12.9. The van der Waals surface area contributed by atoms with Crippen LogP contribution in [0, 0.1) is 5.41 Å². The maximum Gasteiger partial charge on any atom is 0.224 e. The molecule has 0 unspecified atom stereocenters. The molecule has 1 aromatic rings. The molecule has 0 aliphatic heterocycles. The van der Waals surface area contributed by atoms with E-state index in [-0.39, 0.29) is 23.5 Å². The largest absolute Gasteiger partial charge is 0.508 e. The molecule has 20 heavy (non-hydrogen) atoms. The fraction of sp³-hybridized carbons (Fsp3) is 0.588. The van der Waals surface area contributed by atoms with Crippen molar-refractivity contribution in [2.24, 2.45) is 5.41 Å². The van der Waals surface area contributed by atoms with Gasteiger partial charge in [0, 0.05) is 12.1 Å². The van der Waals surface area contributed by atoms with Crippen LogP contribution in [0.2, 0.25) is 0 Å². The number of benzene rings is 1. The van der Waals surface area contributed by atoms with Gasteiger partial charge in [0.15, 0.2) is 0 Å². The van der Waals surface area contributed by atoms with E-state index in [1.165, 1.54) is 19.3 Å². The third-order valence-corrected chi connectivity index (χ3v) is 3.56. The first-order chi connectivity index (χ1) is 9.44. The lowest BCUT2D eigenvalue weighted by Gasteiger charge is -2.25. The van der Waals surface area contributed by atoms with E-state index in [9.17, 15) is 9.90 Å². The lowest BCUT2D eigenvalue weighted by atomic mass is 9.87. The van der Waals surface area contributed by atoms with Gasteiger partial charge in [-0.2, -0.15) is 0 Å². The van der Waals surface area contributed by atoms with E-state index in [2.05, 4.69) is 26.1 Å². The van der Waals surface area contributed by atoms with Crippen molar-refractivity contribution in [1.82, 2.24) is 5.32 Å². The summed E-state index contributed by atoms with van der Waals surface area (Å²) in [6.07, 6.45) is 5.03. The quantitative estimate of drug-likeness (QED) is 0.712. The summed E-state index contributed by atoms with van der Waals surface area (Å²) in [4.78, 5) is 11.9. The number of carbonyl (C=O) groups excluding carboxylic acids is 1. The van der Waals surface area contributed by atoms with Crippen LogP contribution in [0.5, 0.6) is 5.75 Å². The molecule has 0 bridgehead atoms. The van der Waals surface area contributed by atoms with Gasteiger partial charge in [0.25, 0.3) is 0 Å². The molecule has 1 amide bonds. The molecule has 0 fully saturated rings. The van der Waals surface area contributed by atoms with Gasteiger partial charge in [0.05, 0.1) is 6.42 Å². The van der Waals surface area contributed by atoms with Crippen molar-refractivity contribution in [3.05, 3.63) is 29.8 Å². The second-order valence-electron chi connectivity index (χ2n) is 6.20. The molecular weight excluding hydrogens is 250 g/mol. The summed E-state index contributed by atoms with van der Waals surface area (Å²) in [7, 11) is 0. The number of amides is 1. The van der Waals surface area contributed by atoms with Crippen LogP contribution in [0.1, 0.15) is 52.0 Å². The normalized spacial score (nSPS) is 11.3. The molecule has 0 aliphatic rings.